The fraction of sp³-hybridized carbons (Fsp3) is 0.467. The summed E-state index contributed by atoms with van der Waals surface area (Å²) in [5.74, 6) is 2.32. The van der Waals surface area contributed by atoms with Gasteiger partial charge in [-0.1, -0.05) is 23.1 Å². The summed E-state index contributed by atoms with van der Waals surface area (Å²) in [6.07, 6.45) is 3.77. The molecule has 0 amide bonds. The van der Waals surface area contributed by atoms with Crippen molar-refractivity contribution in [2.75, 3.05) is 17.3 Å². The molecule has 0 radical (unpaired) electrons. The van der Waals surface area contributed by atoms with E-state index in [4.69, 9.17) is 11.6 Å². The SMILES string of the molecule is O=C(CSc1nc2c(cnn2C2CCSCC2)c(=O)[nH]1)Cc1nnc(Cl)s1. The predicted molar refractivity (Wildman–Crippen MR) is 108 cm³/mol. The maximum absolute atomic E-state index is 12.4. The fourth-order valence-corrected chi connectivity index (χ4v) is 5.55. The van der Waals surface area contributed by atoms with Crippen molar-refractivity contribution < 1.29 is 4.79 Å². The minimum atomic E-state index is -0.234. The summed E-state index contributed by atoms with van der Waals surface area (Å²) >= 11 is 10.1. The zero-order valence-corrected chi connectivity index (χ0v) is 17.3. The summed E-state index contributed by atoms with van der Waals surface area (Å²) in [7, 11) is 0. The Morgan fingerprint density at radius 2 is 2.19 bits per heavy atom. The van der Waals surface area contributed by atoms with E-state index in [2.05, 4.69) is 25.3 Å². The molecular formula is C15H15ClN6O2S3. The van der Waals surface area contributed by atoms with Gasteiger partial charge < -0.3 is 4.98 Å². The van der Waals surface area contributed by atoms with Gasteiger partial charge in [-0.05, 0) is 35.9 Å². The third-order valence-electron chi connectivity index (χ3n) is 4.14. The summed E-state index contributed by atoms with van der Waals surface area (Å²) < 4.78 is 2.18. The minimum absolute atomic E-state index is 0.0339. The fourth-order valence-electron chi connectivity index (χ4n) is 2.85. The van der Waals surface area contributed by atoms with Crippen LogP contribution in [-0.4, -0.2) is 53.0 Å². The molecule has 1 aliphatic heterocycles. The number of aromatic amines is 1. The van der Waals surface area contributed by atoms with Crippen molar-refractivity contribution in [1.29, 1.82) is 0 Å². The van der Waals surface area contributed by atoms with E-state index < -0.39 is 0 Å². The molecule has 0 unspecified atom stereocenters. The summed E-state index contributed by atoms with van der Waals surface area (Å²) in [5.41, 5.74) is 0.351. The van der Waals surface area contributed by atoms with E-state index in [0.29, 0.717) is 25.7 Å². The summed E-state index contributed by atoms with van der Waals surface area (Å²) in [4.78, 5) is 31.8. The zero-order valence-electron chi connectivity index (χ0n) is 14.1. The van der Waals surface area contributed by atoms with Crippen molar-refractivity contribution in [3.8, 4) is 0 Å². The van der Waals surface area contributed by atoms with Crippen molar-refractivity contribution in [2.24, 2.45) is 0 Å². The first-order valence-electron chi connectivity index (χ1n) is 8.28. The molecule has 0 saturated carbocycles. The van der Waals surface area contributed by atoms with Gasteiger partial charge in [-0.3, -0.25) is 9.59 Å². The van der Waals surface area contributed by atoms with Crippen molar-refractivity contribution >= 4 is 63.3 Å². The Kier molecular flexibility index (Phi) is 5.81. The van der Waals surface area contributed by atoms with Crippen molar-refractivity contribution in [3.05, 3.63) is 26.0 Å². The lowest BCUT2D eigenvalue weighted by atomic mass is 10.1. The largest absolute Gasteiger partial charge is 0.301 e. The molecular weight excluding hydrogens is 428 g/mol. The zero-order chi connectivity index (χ0) is 18.8. The number of H-pyrrole nitrogens is 1. The number of ketones is 1. The predicted octanol–water partition coefficient (Wildman–Crippen LogP) is 2.60. The van der Waals surface area contributed by atoms with Crippen molar-refractivity contribution in [1.82, 2.24) is 29.9 Å². The van der Waals surface area contributed by atoms with Gasteiger partial charge in [0.15, 0.2) is 10.8 Å². The Balaban J connectivity index is 1.50. The van der Waals surface area contributed by atoms with Crippen LogP contribution in [0.15, 0.2) is 16.1 Å². The molecule has 0 aromatic carbocycles. The molecule has 4 heterocycles. The van der Waals surface area contributed by atoms with Crippen molar-refractivity contribution in [2.45, 2.75) is 30.5 Å². The number of nitrogens with zero attached hydrogens (tertiary/aromatic N) is 5. The number of aromatic nitrogens is 6. The molecule has 27 heavy (non-hydrogen) atoms. The highest BCUT2D eigenvalue weighted by Gasteiger charge is 2.20. The highest BCUT2D eigenvalue weighted by molar-refractivity contribution is 7.99. The number of fused-ring (bicyclic) bond motifs is 1. The van der Waals surface area contributed by atoms with Gasteiger partial charge in [-0.25, -0.2) is 9.67 Å². The van der Waals surface area contributed by atoms with E-state index in [0.717, 1.165) is 24.3 Å². The third-order valence-corrected chi connectivity index (χ3v) is 7.14. The maximum Gasteiger partial charge on any atom is 0.262 e. The standard InChI is InChI=1S/C15H15ClN6O2S3/c16-14-21-20-11(27-14)5-9(23)7-26-15-18-12-10(13(24)19-15)6-17-22(12)8-1-3-25-4-2-8/h6,8H,1-5,7H2,(H,18,19,24). The van der Waals surface area contributed by atoms with E-state index in [1.165, 1.54) is 23.1 Å². The summed E-state index contributed by atoms with van der Waals surface area (Å²) in [6, 6.07) is 0.264. The molecule has 142 valence electrons. The number of carbonyl (C=O) groups is 1. The van der Waals surface area contributed by atoms with E-state index in [1.807, 2.05) is 16.4 Å². The van der Waals surface area contributed by atoms with Crippen molar-refractivity contribution in [3.63, 3.8) is 0 Å². The van der Waals surface area contributed by atoms with Crippen LogP contribution in [0, 0.1) is 0 Å². The van der Waals surface area contributed by atoms with Gasteiger partial charge in [0.05, 0.1) is 24.4 Å². The second kappa shape index (κ2) is 8.29. The second-order valence-corrected chi connectivity index (χ2v) is 9.83. The first kappa shape index (κ1) is 18.9. The Hall–Kier alpha value is -1.43. The monoisotopic (exact) mass is 442 g/mol. The molecule has 12 heteroatoms. The minimum Gasteiger partial charge on any atom is -0.301 e. The smallest absolute Gasteiger partial charge is 0.262 e. The van der Waals surface area contributed by atoms with Crippen LogP contribution in [0.3, 0.4) is 0 Å². The quantitative estimate of drug-likeness (QED) is 0.458. The lowest BCUT2D eigenvalue weighted by Gasteiger charge is -2.22. The highest BCUT2D eigenvalue weighted by Crippen LogP contribution is 2.28. The van der Waals surface area contributed by atoms with E-state index in [1.54, 1.807) is 6.20 Å². The first-order valence-corrected chi connectivity index (χ1v) is 11.6. The van der Waals surface area contributed by atoms with Gasteiger partial charge >= 0.3 is 0 Å². The van der Waals surface area contributed by atoms with E-state index in [-0.39, 0.29) is 29.6 Å². The first-order chi connectivity index (χ1) is 13.1. The lowest BCUT2D eigenvalue weighted by molar-refractivity contribution is -0.116. The van der Waals surface area contributed by atoms with Crippen LogP contribution in [0.4, 0.5) is 0 Å². The number of hydrogen-bond donors (Lipinski definition) is 1. The average molecular weight is 443 g/mol. The van der Waals surface area contributed by atoms with Gasteiger partial charge in [0.25, 0.3) is 5.56 Å². The average Bonchev–Trinajstić information content (AvgIpc) is 3.27. The maximum atomic E-state index is 12.4. The van der Waals surface area contributed by atoms with Crippen LogP contribution in [0.5, 0.6) is 0 Å². The Morgan fingerprint density at radius 3 is 2.93 bits per heavy atom. The topological polar surface area (TPSA) is 106 Å². The Morgan fingerprint density at radius 1 is 1.37 bits per heavy atom. The molecule has 1 aliphatic rings. The van der Waals surface area contributed by atoms with Crippen LogP contribution < -0.4 is 5.56 Å². The van der Waals surface area contributed by atoms with Gasteiger partial charge in [-0.15, -0.1) is 10.2 Å². The molecule has 4 rings (SSSR count). The molecule has 0 bridgehead atoms. The number of rotatable bonds is 6. The molecule has 1 N–H and O–H groups in total. The Labute approximate surface area is 171 Å². The van der Waals surface area contributed by atoms with Gasteiger partial charge in [0.1, 0.15) is 16.2 Å². The second-order valence-electron chi connectivity index (χ2n) is 5.99. The molecule has 3 aromatic rings. The van der Waals surface area contributed by atoms with Crippen LogP contribution >= 0.6 is 46.5 Å². The molecule has 3 aromatic heterocycles. The number of carbonyl (C=O) groups excluding carboxylic acids is 1. The molecule has 0 aliphatic carbocycles. The van der Waals surface area contributed by atoms with Gasteiger partial charge in [0.2, 0.25) is 4.47 Å². The van der Waals surface area contributed by atoms with E-state index in [9.17, 15) is 9.59 Å². The normalized spacial score (nSPS) is 15.4. The number of nitrogens with one attached hydrogen (secondary N) is 1. The van der Waals surface area contributed by atoms with E-state index >= 15 is 0 Å². The Bertz CT molecular complexity index is 1030. The summed E-state index contributed by atoms with van der Waals surface area (Å²) in [5, 5.41) is 13.4. The number of hydrogen-bond acceptors (Lipinski definition) is 9. The molecule has 1 saturated heterocycles. The summed E-state index contributed by atoms with van der Waals surface area (Å²) in [6.45, 7) is 0. The molecule has 1 fully saturated rings. The number of Topliss-reactive ketones (excluding diaryl/α,β-unsaturated/α-hetero) is 1. The van der Waals surface area contributed by atoms with Gasteiger partial charge in [-0.2, -0.15) is 16.9 Å². The lowest BCUT2D eigenvalue weighted by Crippen LogP contribution is -2.18. The third kappa shape index (κ3) is 4.36. The van der Waals surface area contributed by atoms with Crippen LogP contribution in [0.25, 0.3) is 11.0 Å². The van der Waals surface area contributed by atoms with Crippen LogP contribution in [0.2, 0.25) is 4.47 Å². The number of halogens is 1. The van der Waals surface area contributed by atoms with Crippen LogP contribution in [0.1, 0.15) is 23.9 Å². The highest BCUT2D eigenvalue weighted by atomic mass is 35.5. The molecule has 0 atom stereocenters. The van der Waals surface area contributed by atoms with Gasteiger partial charge in [0, 0.05) is 0 Å². The molecule has 0 spiro atoms. The van der Waals surface area contributed by atoms with Crippen LogP contribution in [-0.2, 0) is 11.2 Å². The molecule has 8 nitrogen and oxygen atoms in total. The number of thioether (sulfide) groups is 2.